The fraction of sp³-hybridized carbons (Fsp3) is 0.387. The van der Waals surface area contributed by atoms with Crippen molar-refractivity contribution in [3.63, 3.8) is 0 Å². The number of aliphatic hydroxyl groups excluding tert-OH is 1. The maximum Gasteiger partial charge on any atom is 0.416 e. The van der Waals surface area contributed by atoms with Gasteiger partial charge in [0.15, 0.2) is 0 Å². The Kier molecular flexibility index (Phi) is 11.0. The van der Waals surface area contributed by atoms with Crippen molar-refractivity contribution in [1.82, 2.24) is 9.62 Å². The second-order valence-corrected chi connectivity index (χ2v) is 12.2. The van der Waals surface area contributed by atoms with Crippen LogP contribution in [0.3, 0.4) is 0 Å². The maximum absolute atomic E-state index is 13.9. The van der Waals surface area contributed by atoms with Crippen LogP contribution in [0.4, 0.5) is 17.6 Å². The van der Waals surface area contributed by atoms with Crippen molar-refractivity contribution in [2.75, 3.05) is 20.1 Å². The number of aryl methyl sites for hydroxylation is 2. The first kappa shape index (κ1) is 32.6. The van der Waals surface area contributed by atoms with Gasteiger partial charge in [0.1, 0.15) is 5.82 Å². The molecule has 222 valence electrons. The van der Waals surface area contributed by atoms with E-state index in [2.05, 4.69) is 5.32 Å². The van der Waals surface area contributed by atoms with Crippen molar-refractivity contribution >= 4 is 17.9 Å². The number of hydrogen-bond acceptors (Lipinski definition) is 5. The van der Waals surface area contributed by atoms with E-state index in [9.17, 15) is 27.5 Å². The molecule has 0 aliphatic rings. The van der Waals surface area contributed by atoms with Gasteiger partial charge in [0.05, 0.1) is 11.7 Å². The second kappa shape index (κ2) is 13.8. The molecular formula is C31H36F4N2O3S. The molecule has 0 radical (unpaired) electrons. The van der Waals surface area contributed by atoms with E-state index in [4.69, 9.17) is 5.11 Å². The SMILES string of the molecule is Cc1ccc(CC(C)(C)NC[C@@H](O)CN(C)Sc2cc(-c3ccc(CCC(=O)O)cc3)cc(C(F)(F)F)c2)cc1F. The molecule has 0 heterocycles. The predicted molar refractivity (Wildman–Crippen MR) is 154 cm³/mol. The maximum atomic E-state index is 13.9. The van der Waals surface area contributed by atoms with E-state index in [-0.39, 0.29) is 25.3 Å². The number of aliphatic hydroxyl groups is 1. The number of nitrogens with one attached hydrogen (secondary N) is 1. The zero-order valence-corrected chi connectivity index (χ0v) is 24.4. The summed E-state index contributed by atoms with van der Waals surface area (Å²) in [6, 6.07) is 15.8. The average molecular weight is 593 g/mol. The molecule has 0 aliphatic heterocycles. The normalized spacial score (nSPS) is 13.0. The fourth-order valence-corrected chi connectivity index (χ4v) is 5.35. The number of alkyl halides is 3. The molecule has 0 saturated heterocycles. The van der Waals surface area contributed by atoms with Gasteiger partial charge < -0.3 is 15.5 Å². The summed E-state index contributed by atoms with van der Waals surface area (Å²) < 4.78 is 56.7. The Morgan fingerprint density at radius 1 is 1.00 bits per heavy atom. The Balaban J connectivity index is 1.64. The highest BCUT2D eigenvalue weighted by Crippen LogP contribution is 2.37. The van der Waals surface area contributed by atoms with E-state index in [1.54, 1.807) is 54.7 Å². The number of hydrogen-bond donors (Lipinski definition) is 3. The summed E-state index contributed by atoms with van der Waals surface area (Å²) in [6.45, 7) is 6.06. The van der Waals surface area contributed by atoms with Crippen molar-refractivity contribution in [3.8, 4) is 11.1 Å². The van der Waals surface area contributed by atoms with Crippen LogP contribution in [-0.2, 0) is 23.8 Å². The number of carbonyl (C=O) groups is 1. The highest BCUT2D eigenvalue weighted by Gasteiger charge is 2.31. The van der Waals surface area contributed by atoms with Gasteiger partial charge in [0.2, 0.25) is 0 Å². The van der Waals surface area contributed by atoms with Gasteiger partial charge in [0, 0.05) is 29.9 Å². The third-order valence-electron chi connectivity index (χ3n) is 6.58. The summed E-state index contributed by atoms with van der Waals surface area (Å²) in [4.78, 5) is 11.2. The van der Waals surface area contributed by atoms with E-state index < -0.39 is 29.4 Å². The van der Waals surface area contributed by atoms with Crippen molar-refractivity contribution in [3.05, 3.63) is 88.7 Å². The molecule has 10 heteroatoms. The van der Waals surface area contributed by atoms with Crippen LogP contribution >= 0.6 is 11.9 Å². The third-order valence-corrected chi connectivity index (χ3v) is 7.48. The minimum atomic E-state index is -4.54. The van der Waals surface area contributed by atoms with Gasteiger partial charge in [-0.2, -0.15) is 13.2 Å². The van der Waals surface area contributed by atoms with Crippen LogP contribution in [0.5, 0.6) is 0 Å². The minimum absolute atomic E-state index is 0.0262. The first-order valence-electron chi connectivity index (χ1n) is 13.2. The molecule has 5 nitrogen and oxygen atoms in total. The van der Waals surface area contributed by atoms with Gasteiger partial charge in [-0.05, 0) is 105 Å². The highest BCUT2D eigenvalue weighted by atomic mass is 32.2. The van der Waals surface area contributed by atoms with Crippen molar-refractivity contribution in [2.45, 2.75) is 62.7 Å². The lowest BCUT2D eigenvalue weighted by Crippen LogP contribution is -2.46. The predicted octanol–water partition coefficient (Wildman–Crippen LogP) is 6.75. The first-order valence-corrected chi connectivity index (χ1v) is 14.0. The molecule has 3 aromatic carbocycles. The molecule has 3 rings (SSSR count). The molecule has 3 aromatic rings. The molecule has 0 amide bonds. The van der Waals surface area contributed by atoms with Gasteiger partial charge in [-0.25, -0.2) is 8.70 Å². The standard InChI is InChI=1S/C31H36F4N2O3S/c1-20-5-6-22(13-28(20)32)17-30(2,3)36-18-26(38)19-37(4)41-27-15-24(14-25(16-27)31(33,34)35)23-10-7-21(8-11-23)9-12-29(39)40/h5-8,10-11,13-16,26,36,38H,9,12,17-19H2,1-4H3,(H,39,40)/t26-/m1/s1. The Labute approximate surface area is 242 Å². The van der Waals surface area contributed by atoms with Crippen LogP contribution in [0, 0.1) is 12.7 Å². The van der Waals surface area contributed by atoms with Gasteiger partial charge in [-0.15, -0.1) is 0 Å². The van der Waals surface area contributed by atoms with Crippen molar-refractivity contribution in [2.24, 2.45) is 0 Å². The summed E-state index contributed by atoms with van der Waals surface area (Å²) in [7, 11) is 1.70. The Morgan fingerprint density at radius 3 is 2.27 bits per heavy atom. The number of rotatable bonds is 13. The molecule has 0 fully saturated rings. The van der Waals surface area contributed by atoms with E-state index >= 15 is 0 Å². The summed E-state index contributed by atoms with van der Waals surface area (Å²) in [5.41, 5.74) is 1.97. The number of likely N-dealkylation sites (N-methyl/N-ethyl adjacent to an activating group) is 1. The van der Waals surface area contributed by atoms with Crippen LogP contribution in [-0.4, -0.2) is 52.3 Å². The van der Waals surface area contributed by atoms with Crippen molar-refractivity contribution < 1.29 is 32.6 Å². The second-order valence-electron chi connectivity index (χ2n) is 10.9. The number of carboxylic acids is 1. The Hall–Kier alpha value is -2.92. The fourth-order valence-electron chi connectivity index (χ4n) is 4.39. The van der Waals surface area contributed by atoms with Crippen LogP contribution < -0.4 is 5.32 Å². The quantitative estimate of drug-likeness (QED) is 0.151. The summed E-state index contributed by atoms with van der Waals surface area (Å²) >= 11 is 1.10. The van der Waals surface area contributed by atoms with Crippen LogP contribution in [0.25, 0.3) is 11.1 Å². The number of β-amino-alcohol motifs (C(OH)–C–C–N with tert-alkyl or cyclic N) is 1. The van der Waals surface area contributed by atoms with E-state index in [1.807, 2.05) is 19.9 Å². The topological polar surface area (TPSA) is 72.8 Å². The Morgan fingerprint density at radius 2 is 1.66 bits per heavy atom. The van der Waals surface area contributed by atoms with Gasteiger partial charge >= 0.3 is 12.1 Å². The Bertz CT molecular complexity index is 1330. The molecule has 1 atom stereocenters. The molecule has 0 aliphatic carbocycles. The number of carboxylic acid groups (broad SMARTS) is 1. The minimum Gasteiger partial charge on any atom is -0.481 e. The van der Waals surface area contributed by atoms with Crippen LogP contribution in [0.1, 0.15) is 42.5 Å². The molecular weight excluding hydrogens is 556 g/mol. The smallest absolute Gasteiger partial charge is 0.416 e. The van der Waals surface area contributed by atoms with Crippen molar-refractivity contribution in [1.29, 1.82) is 0 Å². The molecule has 0 bridgehead atoms. The lowest BCUT2D eigenvalue weighted by molar-refractivity contribution is -0.138. The number of nitrogens with zero attached hydrogens (tertiary/aromatic N) is 1. The lowest BCUT2D eigenvalue weighted by atomic mass is 9.94. The van der Waals surface area contributed by atoms with Crippen LogP contribution in [0.15, 0.2) is 65.6 Å². The molecule has 0 spiro atoms. The summed E-state index contributed by atoms with van der Waals surface area (Å²) in [5, 5.41) is 22.8. The number of aliphatic carboxylic acids is 1. The van der Waals surface area contributed by atoms with E-state index in [0.29, 0.717) is 34.4 Å². The zero-order valence-electron chi connectivity index (χ0n) is 23.6. The summed E-state index contributed by atoms with van der Waals surface area (Å²) in [6.07, 6.45) is -4.48. The molecule has 3 N–H and O–H groups in total. The van der Waals surface area contributed by atoms with Gasteiger partial charge in [0.25, 0.3) is 0 Å². The monoisotopic (exact) mass is 592 g/mol. The third kappa shape index (κ3) is 10.5. The zero-order chi connectivity index (χ0) is 30.4. The largest absolute Gasteiger partial charge is 0.481 e. The average Bonchev–Trinajstić information content (AvgIpc) is 2.88. The van der Waals surface area contributed by atoms with Gasteiger partial charge in [-0.3, -0.25) is 4.79 Å². The molecule has 0 unspecified atom stereocenters. The lowest BCUT2D eigenvalue weighted by Gasteiger charge is -2.29. The molecule has 0 aromatic heterocycles. The van der Waals surface area contributed by atoms with Crippen LogP contribution in [0.2, 0.25) is 0 Å². The highest BCUT2D eigenvalue weighted by molar-refractivity contribution is 7.97. The van der Waals surface area contributed by atoms with E-state index in [0.717, 1.165) is 35.2 Å². The molecule has 41 heavy (non-hydrogen) atoms. The first-order chi connectivity index (χ1) is 19.1. The molecule has 0 saturated carbocycles. The van der Waals surface area contributed by atoms with E-state index in [1.165, 1.54) is 6.07 Å². The summed E-state index contributed by atoms with van der Waals surface area (Å²) in [5.74, 6) is -1.18. The van der Waals surface area contributed by atoms with Gasteiger partial charge in [-0.1, -0.05) is 36.4 Å². The number of halogens is 4. The number of benzene rings is 3.